The molecule has 0 unspecified atom stereocenters. The molecule has 0 saturated heterocycles. The summed E-state index contributed by atoms with van der Waals surface area (Å²) in [5.41, 5.74) is 0.471. The number of anilines is 1. The van der Waals surface area contributed by atoms with Gasteiger partial charge < -0.3 is 4.90 Å². The monoisotopic (exact) mass is 354 g/mol. The highest BCUT2D eigenvalue weighted by Crippen LogP contribution is 2.29. The third-order valence-electron chi connectivity index (χ3n) is 4.06. The number of nitrogens with zero attached hydrogens (tertiary/aromatic N) is 2. The van der Waals surface area contributed by atoms with Gasteiger partial charge >= 0.3 is 0 Å². The first-order valence-corrected chi connectivity index (χ1v) is 8.66. The number of unbranched alkanes of at least 4 members (excludes halogenated alkanes) is 1. The number of para-hydroxylation sites is 2. The Morgan fingerprint density at radius 2 is 1.65 bits per heavy atom. The van der Waals surface area contributed by atoms with Gasteiger partial charge in [-0.05, 0) is 24.6 Å². The van der Waals surface area contributed by atoms with E-state index in [1.54, 1.807) is 42.5 Å². The molecule has 0 aliphatic carbocycles. The van der Waals surface area contributed by atoms with Gasteiger partial charge in [0.25, 0.3) is 11.6 Å². The summed E-state index contributed by atoms with van der Waals surface area (Å²) in [6.07, 6.45) is 2.35. The maximum absolute atomic E-state index is 12.9. The minimum Gasteiger partial charge on any atom is -0.302 e. The van der Waals surface area contributed by atoms with Crippen LogP contribution in [-0.2, 0) is 4.79 Å². The maximum atomic E-state index is 12.9. The molecule has 2 aromatic carbocycles. The first kappa shape index (κ1) is 19.3. The summed E-state index contributed by atoms with van der Waals surface area (Å²) in [6.45, 7) is 2.12. The van der Waals surface area contributed by atoms with E-state index in [9.17, 15) is 19.7 Å². The SMILES string of the molecule is CCCCC(=O)CCN(C(=O)c1ccccc1)c1ccccc1[N+](=O)[O-]. The Bertz CT molecular complexity index is 774. The second-order valence-electron chi connectivity index (χ2n) is 5.96. The van der Waals surface area contributed by atoms with Gasteiger partial charge in [-0.2, -0.15) is 0 Å². The molecule has 0 aliphatic heterocycles. The summed E-state index contributed by atoms with van der Waals surface area (Å²) in [5, 5.41) is 11.4. The molecule has 0 fully saturated rings. The lowest BCUT2D eigenvalue weighted by atomic mass is 10.1. The zero-order valence-corrected chi connectivity index (χ0v) is 14.8. The highest BCUT2D eigenvalue weighted by atomic mass is 16.6. The molecule has 0 aliphatic rings. The van der Waals surface area contributed by atoms with E-state index in [1.165, 1.54) is 17.0 Å². The molecule has 0 N–H and O–H groups in total. The van der Waals surface area contributed by atoms with Crippen LogP contribution in [0.2, 0.25) is 0 Å². The number of nitro benzene ring substituents is 1. The number of ketones is 1. The van der Waals surface area contributed by atoms with Crippen LogP contribution in [0.5, 0.6) is 0 Å². The lowest BCUT2D eigenvalue weighted by Gasteiger charge is -2.22. The Kier molecular flexibility index (Phi) is 7.02. The third-order valence-corrected chi connectivity index (χ3v) is 4.06. The van der Waals surface area contributed by atoms with Crippen LogP contribution in [-0.4, -0.2) is 23.2 Å². The number of amides is 1. The van der Waals surface area contributed by atoms with Crippen molar-refractivity contribution in [2.45, 2.75) is 32.6 Å². The fourth-order valence-electron chi connectivity index (χ4n) is 2.65. The number of hydrogen-bond acceptors (Lipinski definition) is 4. The molecule has 1 amide bonds. The predicted molar refractivity (Wildman–Crippen MR) is 100 cm³/mol. The topological polar surface area (TPSA) is 80.5 Å². The predicted octanol–water partition coefficient (Wildman–Crippen LogP) is 4.39. The van der Waals surface area contributed by atoms with Crippen LogP contribution in [0.3, 0.4) is 0 Å². The number of rotatable bonds is 9. The van der Waals surface area contributed by atoms with Crippen molar-refractivity contribution in [1.82, 2.24) is 0 Å². The van der Waals surface area contributed by atoms with Crippen LogP contribution in [0.4, 0.5) is 11.4 Å². The van der Waals surface area contributed by atoms with Gasteiger partial charge in [0.2, 0.25) is 0 Å². The molecule has 6 heteroatoms. The lowest BCUT2D eigenvalue weighted by Crippen LogP contribution is -2.33. The Morgan fingerprint density at radius 1 is 1.00 bits per heavy atom. The molecule has 0 spiro atoms. The molecular formula is C20H22N2O4. The fraction of sp³-hybridized carbons (Fsp3) is 0.300. The van der Waals surface area contributed by atoms with Gasteiger partial charge in [-0.1, -0.05) is 43.7 Å². The number of benzene rings is 2. The second kappa shape index (κ2) is 9.46. The first-order valence-electron chi connectivity index (χ1n) is 8.66. The average Bonchev–Trinajstić information content (AvgIpc) is 2.67. The van der Waals surface area contributed by atoms with Crippen molar-refractivity contribution < 1.29 is 14.5 Å². The van der Waals surface area contributed by atoms with Gasteiger partial charge in [0.1, 0.15) is 11.5 Å². The van der Waals surface area contributed by atoms with E-state index < -0.39 is 4.92 Å². The zero-order valence-electron chi connectivity index (χ0n) is 14.8. The van der Waals surface area contributed by atoms with E-state index in [1.807, 2.05) is 6.92 Å². The number of nitro groups is 1. The summed E-state index contributed by atoms with van der Waals surface area (Å²) >= 11 is 0. The third kappa shape index (κ3) is 4.99. The summed E-state index contributed by atoms with van der Waals surface area (Å²) in [7, 11) is 0. The number of carbonyl (C=O) groups is 2. The van der Waals surface area contributed by atoms with Crippen LogP contribution < -0.4 is 4.90 Å². The van der Waals surface area contributed by atoms with Crippen molar-refractivity contribution in [3.8, 4) is 0 Å². The van der Waals surface area contributed by atoms with Crippen LogP contribution >= 0.6 is 0 Å². The molecule has 0 aromatic heterocycles. The molecule has 0 atom stereocenters. The molecule has 26 heavy (non-hydrogen) atoms. The Labute approximate surface area is 152 Å². The van der Waals surface area contributed by atoms with Gasteiger partial charge in [-0.3, -0.25) is 19.7 Å². The van der Waals surface area contributed by atoms with E-state index in [2.05, 4.69) is 0 Å². The molecule has 6 nitrogen and oxygen atoms in total. The van der Waals surface area contributed by atoms with E-state index in [-0.39, 0.29) is 36.0 Å². The van der Waals surface area contributed by atoms with Gasteiger partial charge in [-0.25, -0.2) is 0 Å². The highest BCUT2D eigenvalue weighted by Gasteiger charge is 2.25. The fourth-order valence-corrected chi connectivity index (χ4v) is 2.65. The van der Waals surface area contributed by atoms with Crippen molar-refractivity contribution >= 4 is 23.1 Å². The summed E-state index contributed by atoms with van der Waals surface area (Å²) in [4.78, 5) is 37.2. The molecule has 0 heterocycles. The smallest absolute Gasteiger partial charge is 0.292 e. The van der Waals surface area contributed by atoms with Crippen molar-refractivity contribution in [1.29, 1.82) is 0 Å². The molecule has 2 aromatic rings. The standard InChI is InChI=1S/C20H22N2O4/c1-2-3-11-17(23)14-15-21(20(24)16-9-5-4-6-10-16)18-12-7-8-13-19(18)22(25)26/h4-10,12-13H,2-3,11,14-15H2,1H3. The minimum atomic E-state index is -0.514. The van der Waals surface area contributed by atoms with Gasteiger partial charge in [0, 0.05) is 31.0 Å². The minimum absolute atomic E-state index is 0.0521. The molecular weight excluding hydrogens is 332 g/mol. The Balaban J connectivity index is 2.32. The van der Waals surface area contributed by atoms with Crippen molar-refractivity contribution in [2.75, 3.05) is 11.4 Å². The highest BCUT2D eigenvalue weighted by molar-refractivity contribution is 6.07. The molecule has 0 bridgehead atoms. The van der Waals surface area contributed by atoms with E-state index in [0.29, 0.717) is 12.0 Å². The number of Topliss-reactive ketones (excluding diaryl/α,β-unsaturated/α-hetero) is 1. The zero-order chi connectivity index (χ0) is 18.9. The lowest BCUT2D eigenvalue weighted by molar-refractivity contribution is -0.384. The number of carbonyl (C=O) groups excluding carboxylic acids is 2. The van der Waals surface area contributed by atoms with E-state index in [0.717, 1.165) is 12.8 Å². The maximum Gasteiger partial charge on any atom is 0.292 e. The summed E-state index contributed by atoms with van der Waals surface area (Å²) in [6, 6.07) is 14.7. The molecule has 0 radical (unpaired) electrons. The van der Waals surface area contributed by atoms with Crippen LogP contribution in [0.1, 0.15) is 43.0 Å². The van der Waals surface area contributed by atoms with Crippen LogP contribution in [0.25, 0.3) is 0 Å². The Morgan fingerprint density at radius 3 is 2.31 bits per heavy atom. The summed E-state index contributed by atoms with van der Waals surface area (Å²) < 4.78 is 0. The van der Waals surface area contributed by atoms with Crippen LogP contribution in [0.15, 0.2) is 54.6 Å². The molecule has 2 rings (SSSR count). The van der Waals surface area contributed by atoms with Gasteiger partial charge in [0.15, 0.2) is 0 Å². The second-order valence-corrected chi connectivity index (χ2v) is 5.96. The average molecular weight is 354 g/mol. The normalized spacial score (nSPS) is 10.3. The van der Waals surface area contributed by atoms with E-state index in [4.69, 9.17) is 0 Å². The Hall–Kier alpha value is -3.02. The largest absolute Gasteiger partial charge is 0.302 e. The van der Waals surface area contributed by atoms with Gasteiger partial charge in [0.05, 0.1) is 4.92 Å². The first-order chi connectivity index (χ1) is 12.5. The van der Waals surface area contributed by atoms with E-state index >= 15 is 0 Å². The van der Waals surface area contributed by atoms with Crippen molar-refractivity contribution in [3.63, 3.8) is 0 Å². The molecule has 136 valence electrons. The van der Waals surface area contributed by atoms with Gasteiger partial charge in [-0.15, -0.1) is 0 Å². The number of hydrogen-bond donors (Lipinski definition) is 0. The quantitative estimate of drug-likeness (QED) is 0.494. The van der Waals surface area contributed by atoms with Crippen molar-refractivity contribution in [3.05, 3.63) is 70.3 Å². The summed E-state index contributed by atoms with van der Waals surface area (Å²) in [5.74, 6) is -0.306. The van der Waals surface area contributed by atoms with Crippen LogP contribution in [0, 0.1) is 10.1 Å². The van der Waals surface area contributed by atoms with Crippen molar-refractivity contribution in [2.24, 2.45) is 0 Å². The molecule has 0 saturated carbocycles.